The molecule has 4 atom stereocenters. The van der Waals surface area contributed by atoms with Gasteiger partial charge >= 0.3 is 0 Å². The maximum atomic E-state index is 12.2. The van der Waals surface area contributed by atoms with E-state index in [-0.39, 0.29) is 25.6 Å². The topological polar surface area (TPSA) is 97.6 Å². The van der Waals surface area contributed by atoms with E-state index in [0.29, 0.717) is 5.56 Å². The van der Waals surface area contributed by atoms with Crippen molar-refractivity contribution in [3.05, 3.63) is 149 Å². The van der Waals surface area contributed by atoms with Gasteiger partial charge in [0.25, 0.3) is 5.79 Å². The van der Waals surface area contributed by atoms with Crippen LogP contribution in [0.2, 0.25) is 0 Å². The van der Waals surface area contributed by atoms with E-state index in [1.54, 1.807) is 6.07 Å². The summed E-state index contributed by atoms with van der Waals surface area (Å²) >= 11 is 0. The van der Waals surface area contributed by atoms with Crippen molar-refractivity contribution in [2.24, 2.45) is 0 Å². The van der Waals surface area contributed by atoms with Crippen LogP contribution in [-0.4, -0.2) is 39.3 Å². The van der Waals surface area contributed by atoms with E-state index in [1.807, 2.05) is 116 Å². The van der Waals surface area contributed by atoms with E-state index in [0.717, 1.165) is 22.3 Å². The van der Waals surface area contributed by atoms with Crippen molar-refractivity contribution in [1.29, 1.82) is 0 Å². The summed E-state index contributed by atoms with van der Waals surface area (Å²) < 4.78 is 24.0. The van der Waals surface area contributed by atoms with Crippen LogP contribution in [0, 0.1) is 6.92 Å². The normalized spacial score (nSPS) is 22.9. The van der Waals surface area contributed by atoms with Crippen molar-refractivity contribution < 1.29 is 34.3 Å². The van der Waals surface area contributed by atoms with E-state index < -0.39 is 24.0 Å². The van der Waals surface area contributed by atoms with E-state index in [4.69, 9.17) is 18.9 Å². The smallest absolute Gasteiger partial charge is 0.269 e. The first-order valence-electron chi connectivity index (χ1n) is 13.5. The molecular weight excluding hydrogens is 520 g/mol. The minimum atomic E-state index is -2.58. The van der Waals surface area contributed by atoms with Crippen molar-refractivity contribution in [1.82, 2.24) is 0 Å². The predicted octanol–water partition coefficient (Wildman–Crippen LogP) is 5.08. The number of aliphatic hydroxyl groups excluding tert-OH is 1. The summed E-state index contributed by atoms with van der Waals surface area (Å²) in [4.78, 5) is 0. The van der Waals surface area contributed by atoms with Crippen molar-refractivity contribution >= 4 is 5.76 Å². The van der Waals surface area contributed by atoms with E-state index >= 15 is 0 Å². The molecule has 0 bridgehead atoms. The lowest BCUT2D eigenvalue weighted by molar-refractivity contribution is -0.420. The first-order valence-corrected chi connectivity index (χ1v) is 13.5. The zero-order chi connectivity index (χ0) is 28.7. The van der Waals surface area contributed by atoms with E-state index in [2.05, 4.69) is 0 Å². The van der Waals surface area contributed by atoms with Crippen LogP contribution in [0.15, 0.2) is 121 Å². The monoisotopic (exact) mass is 554 g/mol. The highest BCUT2D eigenvalue weighted by Gasteiger charge is 2.63. The third-order valence-corrected chi connectivity index (χ3v) is 6.91. The Kier molecular flexibility index (Phi) is 8.95. The number of hydrogen-bond acceptors (Lipinski definition) is 7. The lowest BCUT2D eigenvalue weighted by Crippen LogP contribution is -2.68. The summed E-state index contributed by atoms with van der Waals surface area (Å²) in [5.74, 6) is -4.83. The third kappa shape index (κ3) is 6.74. The molecule has 212 valence electrons. The quantitative estimate of drug-likeness (QED) is 0.223. The van der Waals surface area contributed by atoms with Crippen LogP contribution in [0.5, 0.6) is 0 Å². The molecule has 7 heteroatoms. The first-order chi connectivity index (χ1) is 19.9. The highest BCUT2D eigenvalue weighted by atomic mass is 16.7. The Morgan fingerprint density at radius 2 is 1.24 bits per heavy atom. The number of benzene rings is 4. The van der Waals surface area contributed by atoms with Gasteiger partial charge in [0.1, 0.15) is 5.76 Å². The second-order valence-electron chi connectivity index (χ2n) is 10.0. The van der Waals surface area contributed by atoms with Gasteiger partial charge in [-0.05, 0) is 29.7 Å². The second-order valence-corrected chi connectivity index (χ2v) is 10.0. The van der Waals surface area contributed by atoms with Gasteiger partial charge in [0.15, 0.2) is 6.29 Å². The van der Waals surface area contributed by atoms with Gasteiger partial charge in [-0.15, -0.1) is 0 Å². The van der Waals surface area contributed by atoms with Gasteiger partial charge in [0, 0.05) is 11.6 Å². The molecule has 5 rings (SSSR count). The Morgan fingerprint density at radius 3 is 1.80 bits per heavy atom. The Morgan fingerprint density at radius 1 is 0.707 bits per heavy atom. The second kappa shape index (κ2) is 12.8. The third-order valence-electron chi connectivity index (χ3n) is 6.91. The lowest BCUT2D eigenvalue weighted by Gasteiger charge is -2.48. The molecule has 1 heterocycles. The summed E-state index contributed by atoms with van der Waals surface area (Å²) in [6.07, 6.45) is -2.02. The molecule has 1 aliphatic rings. The highest BCUT2D eigenvalue weighted by Crippen LogP contribution is 2.43. The van der Waals surface area contributed by atoms with Crippen LogP contribution < -0.4 is 0 Å². The molecule has 4 aromatic carbocycles. The molecule has 0 fully saturated rings. The van der Waals surface area contributed by atoms with Gasteiger partial charge in [-0.2, -0.15) is 0 Å². The lowest BCUT2D eigenvalue weighted by atomic mass is 9.92. The molecule has 0 aliphatic carbocycles. The molecule has 0 saturated carbocycles. The van der Waals surface area contributed by atoms with Crippen molar-refractivity contribution in [2.45, 2.75) is 50.7 Å². The fraction of sp³-hybridized carbons (Fsp3) is 0.235. The number of aliphatic hydroxyl groups is 3. The molecule has 3 N–H and O–H groups in total. The average molecular weight is 555 g/mol. The van der Waals surface area contributed by atoms with Gasteiger partial charge in [0.2, 0.25) is 11.9 Å². The SMILES string of the molecule is Cc1cccc(C2=C[C@](O)(OCc3ccccc3)[C@@](O)(OCc3ccccc3)[C@@H](C(O)OCc3ccccc3)O2)c1. The molecule has 4 aromatic rings. The molecule has 0 aromatic heterocycles. The highest BCUT2D eigenvalue weighted by molar-refractivity contribution is 5.63. The first kappa shape index (κ1) is 28.7. The number of ether oxygens (including phenoxy) is 4. The fourth-order valence-corrected chi connectivity index (χ4v) is 4.65. The molecule has 0 saturated heterocycles. The van der Waals surface area contributed by atoms with Crippen molar-refractivity contribution in [3.63, 3.8) is 0 Å². The Labute approximate surface area is 239 Å². The van der Waals surface area contributed by atoms with Crippen LogP contribution in [-0.2, 0) is 38.8 Å². The van der Waals surface area contributed by atoms with E-state index in [1.165, 1.54) is 6.08 Å². The van der Waals surface area contributed by atoms with Crippen molar-refractivity contribution in [2.75, 3.05) is 0 Å². The Balaban J connectivity index is 1.53. The molecule has 1 unspecified atom stereocenters. The van der Waals surface area contributed by atoms with Gasteiger partial charge < -0.3 is 34.3 Å². The van der Waals surface area contributed by atoms with Crippen LogP contribution in [0.4, 0.5) is 0 Å². The van der Waals surface area contributed by atoms with Crippen molar-refractivity contribution in [3.8, 4) is 0 Å². The number of aryl methyl sites for hydroxylation is 1. The summed E-state index contributed by atoms with van der Waals surface area (Å²) in [7, 11) is 0. The molecule has 0 spiro atoms. The van der Waals surface area contributed by atoms with Crippen LogP contribution >= 0.6 is 0 Å². The fourth-order valence-electron chi connectivity index (χ4n) is 4.65. The minimum Gasteiger partial charge on any atom is -0.479 e. The van der Waals surface area contributed by atoms with Crippen LogP contribution in [0.1, 0.15) is 27.8 Å². The van der Waals surface area contributed by atoms with E-state index in [9.17, 15) is 15.3 Å². The van der Waals surface area contributed by atoms with Crippen LogP contribution in [0.25, 0.3) is 5.76 Å². The Bertz CT molecular complexity index is 1430. The molecule has 1 aliphatic heterocycles. The summed E-state index contributed by atoms with van der Waals surface area (Å²) in [5, 5.41) is 35.6. The molecule has 0 amide bonds. The average Bonchev–Trinajstić information content (AvgIpc) is 3.01. The zero-order valence-corrected chi connectivity index (χ0v) is 22.8. The van der Waals surface area contributed by atoms with Gasteiger partial charge in [-0.25, -0.2) is 0 Å². The van der Waals surface area contributed by atoms with Gasteiger partial charge in [-0.3, -0.25) is 0 Å². The number of hydrogen-bond donors (Lipinski definition) is 3. The predicted molar refractivity (Wildman–Crippen MR) is 154 cm³/mol. The Hall–Kier alpha value is -3.82. The van der Waals surface area contributed by atoms with Crippen LogP contribution in [0.3, 0.4) is 0 Å². The summed E-state index contributed by atoms with van der Waals surface area (Å²) in [6, 6.07) is 35.2. The molecule has 41 heavy (non-hydrogen) atoms. The number of rotatable bonds is 11. The molecular formula is C34H34O7. The van der Waals surface area contributed by atoms with Gasteiger partial charge in [-0.1, -0.05) is 115 Å². The minimum absolute atomic E-state index is 0.0312. The summed E-state index contributed by atoms with van der Waals surface area (Å²) in [6.45, 7) is 1.80. The van der Waals surface area contributed by atoms with Gasteiger partial charge in [0.05, 0.1) is 19.8 Å². The zero-order valence-electron chi connectivity index (χ0n) is 22.8. The standard InChI is InChI=1S/C34H34O7/c1-25-12-11-19-29(20-25)30-21-33(36,39-23-27-15-7-3-8-16-27)34(37,40-24-28-17-9-4-10-18-28)31(41-30)32(35)38-22-26-13-5-2-6-14-26/h2-21,31-32,35-37H,22-24H2,1H3/t31-,32?,33+,34+/m1/s1. The maximum absolute atomic E-state index is 12.2. The molecule has 7 nitrogen and oxygen atoms in total. The largest absolute Gasteiger partial charge is 0.479 e. The maximum Gasteiger partial charge on any atom is 0.269 e. The molecule has 0 radical (unpaired) electrons. The summed E-state index contributed by atoms with van der Waals surface area (Å²) in [5.41, 5.74) is 3.89.